The number of aromatic nitrogens is 2. The Bertz CT molecular complexity index is 439. The average Bonchev–Trinajstić information content (AvgIpc) is 2.36. The van der Waals surface area contributed by atoms with E-state index in [9.17, 15) is 5.11 Å². The van der Waals surface area contributed by atoms with Gasteiger partial charge in [-0.15, -0.1) is 0 Å². The number of rotatable bonds is 2. The van der Waals surface area contributed by atoms with Gasteiger partial charge < -0.3 is 11.5 Å². The van der Waals surface area contributed by atoms with Crippen LogP contribution in [0.4, 0.5) is 0 Å². The summed E-state index contributed by atoms with van der Waals surface area (Å²) in [6.45, 7) is 14.0. The smallest absolute Gasteiger partial charge is 0.204 e. The Morgan fingerprint density at radius 1 is 1.14 bits per heavy atom. The van der Waals surface area contributed by atoms with Crippen molar-refractivity contribution in [3.63, 3.8) is 0 Å². The van der Waals surface area contributed by atoms with Crippen LogP contribution in [-0.4, -0.2) is 15.1 Å². The third-order valence-electron chi connectivity index (χ3n) is 2.19. The molecule has 0 aromatic carbocycles. The number of hydrogen-bond acceptors (Lipinski definition) is 3. The van der Waals surface area contributed by atoms with Crippen molar-refractivity contribution < 1.29 is 24.6 Å². The van der Waals surface area contributed by atoms with Crippen molar-refractivity contribution in [3.8, 4) is 11.8 Å². The van der Waals surface area contributed by atoms with E-state index in [1.807, 2.05) is 54.9 Å². The van der Waals surface area contributed by atoms with Gasteiger partial charge in [-0.1, -0.05) is 19.8 Å². The molecule has 0 saturated heterocycles. The Morgan fingerprint density at radius 2 is 1.57 bits per heavy atom. The molecule has 0 aliphatic rings. The third kappa shape index (κ3) is 10.6. The van der Waals surface area contributed by atoms with Crippen molar-refractivity contribution >= 4 is 0 Å². The summed E-state index contributed by atoms with van der Waals surface area (Å²) in [6.07, 6.45) is 4.77. The number of aliphatic hydroxyl groups is 1. The Kier molecular flexibility index (Phi) is 11.7. The summed E-state index contributed by atoms with van der Waals surface area (Å²) in [4.78, 5) is 8.28. The molecule has 3 nitrogen and oxygen atoms in total. The summed E-state index contributed by atoms with van der Waals surface area (Å²) in [5.74, 6) is 6.66. The van der Waals surface area contributed by atoms with Gasteiger partial charge in [-0.05, 0) is 32.6 Å². The third-order valence-corrected chi connectivity index (χ3v) is 2.19. The maximum atomic E-state index is 9.83. The van der Waals surface area contributed by atoms with Gasteiger partial charge in [-0.25, -0.2) is 9.97 Å². The molecule has 114 valence electrons. The van der Waals surface area contributed by atoms with Crippen LogP contribution in [0.15, 0.2) is 12.4 Å². The minimum absolute atomic E-state index is 0. The van der Waals surface area contributed by atoms with Gasteiger partial charge in [0.25, 0.3) is 0 Å². The fourth-order valence-corrected chi connectivity index (χ4v) is 1.18. The Balaban J connectivity index is 0. The topological polar surface area (TPSA) is 46.0 Å². The fourth-order valence-electron chi connectivity index (χ4n) is 1.18. The summed E-state index contributed by atoms with van der Waals surface area (Å²) in [5, 5.41) is 9.83. The van der Waals surface area contributed by atoms with Crippen molar-refractivity contribution in [2.24, 2.45) is 11.3 Å². The molecule has 0 spiro atoms. The van der Waals surface area contributed by atoms with Crippen LogP contribution in [0.5, 0.6) is 0 Å². The van der Waals surface area contributed by atoms with Crippen LogP contribution in [0.3, 0.4) is 0 Å². The van der Waals surface area contributed by atoms with Crippen molar-refractivity contribution in [1.29, 1.82) is 0 Å². The second-order valence-electron chi connectivity index (χ2n) is 6.11. The molecule has 1 rings (SSSR count). The molecular weight excluding hydrogens is 314 g/mol. The number of hydrogen-bond donors (Lipinski definition) is 1. The molecule has 0 radical (unpaired) electrons. The summed E-state index contributed by atoms with van der Waals surface area (Å²) < 4.78 is 0. The molecule has 1 aromatic heterocycles. The van der Waals surface area contributed by atoms with Gasteiger partial charge in [-0.3, -0.25) is 0 Å². The molecule has 0 aliphatic carbocycles. The monoisotopic (exact) mass is 339 g/mol. The van der Waals surface area contributed by atoms with Crippen LogP contribution in [0.1, 0.15) is 66.0 Å². The van der Waals surface area contributed by atoms with Crippen molar-refractivity contribution in [3.05, 3.63) is 30.2 Å². The minimum Gasteiger partial charge on any atom is -0.388 e. The first kappa shape index (κ1) is 22.5. The second kappa shape index (κ2) is 10.9. The maximum Gasteiger partial charge on any atom is 0.204 e. The van der Waals surface area contributed by atoms with Crippen LogP contribution in [0, 0.1) is 29.6 Å². The summed E-state index contributed by atoms with van der Waals surface area (Å²) >= 11 is 0. The van der Waals surface area contributed by atoms with Crippen molar-refractivity contribution in [2.75, 3.05) is 0 Å². The summed E-state index contributed by atoms with van der Waals surface area (Å²) in [7, 11) is 0. The van der Waals surface area contributed by atoms with E-state index in [0.717, 1.165) is 5.56 Å². The quantitative estimate of drug-likeness (QED) is 0.506. The average molecular weight is 341 g/mol. The van der Waals surface area contributed by atoms with E-state index in [0.29, 0.717) is 5.82 Å². The molecule has 0 fully saturated rings. The Morgan fingerprint density at radius 3 is 1.90 bits per heavy atom. The molecule has 1 heterocycles. The van der Waals surface area contributed by atoms with E-state index >= 15 is 0 Å². The molecule has 1 aromatic rings. The van der Waals surface area contributed by atoms with Crippen LogP contribution in [0.2, 0.25) is 0 Å². The Hall–Kier alpha value is -0.777. The molecule has 21 heavy (non-hydrogen) atoms. The van der Waals surface area contributed by atoms with Crippen molar-refractivity contribution in [2.45, 2.75) is 54.6 Å². The molecule has 0 saturated carbocycles. The van der Waals surface area contributed by atoms with Gasteiger partial charge >= 0.3 is 0 Å². The normalized spacial score (nSPS) is 11.5. The zero-order chi connectivity index (χ0) is 15.8. The van der Waals surface area contributed by atoms with E-state index in [1.165, 1.54) is 0 Å². The first-order valence-corrected chi connectivity index (χ1v) is 6.98. The molecule has 4 heteroatoms. The molecule has 0 aliphatic heterocycles. The van der Waals surface area contributed by atoms with Gasteiger partial charge in [0.15, 0.2) is 0 Å². The van der Waals surface area contributed by atoms with Crippen LogP contribution >= 0.6 is 0 Å². The molecular formula is C17H27N2OZn-. The van der Waals surface area contributed by atoms with Crippen molar-refractivity contribution in [1.82, 2.24) is 9.97 Å². The zero-order valence-electron chi connectivity index (χ0n) is 14.4. The van der Waals surface area contributed by atoms with E-state index in [4.69, 9.17) is 0 Å². The van der Waals surface area contributed by atoms with Gasteiger partial charge in [0.05, 0.1) is 6.10 Å². The summed E-state index contributed by atoms with van der Waals surface area (Å²) in [5.41, 5.74) is 0.681. The van der Waals surface area contributed by atoms with E-state index in [1.54, 1.807) is 12.4 Å². The van der Waals surface area contributed by atoms with Gasteiger partial charge in [0, 0.05) is 42.9 Å². The zero-order valence-corrected chi connectivity index (χ0v) is 17.4. The van der Waals surface area contributed by atoms with Crippen LogP contribution < -0.4 is 0 Å². The van der Waals surface area contributed by atoms with Crippen LogP contribution in [-0.2, 0) is 19.5 Å². The maximum absolute atomic E-state index is 9.83. The first-order valence-electron chi connectivity index (χ1n) is 6.98. The van der Waals surface area contributed by atoms with E-state index < -0.39 is 6.10 Å². The minimum atomic E-state index is -0.514. The molecule has 1 N–H and O–H groups in total. The van der Waals surface area contributed by atoms with Gasteiger partial charge in [0.2, 0.25) is 5.82 Å². The van der Waals surface area contributed by atoms with Crippen LogP contribution in [0.25, 0.3) is 0 Å². The predicted molar refractivity (Wildman–Crippen MR) is 83.8 cm³/mol. The number of nitrogens with zero attached hydrogens (tertiary/aromatic N) is 2. The Labute approximate surface area is 142 Å². The molecule has 0 bridgehead atoms. The SMILES string of the molecule is CC(C)[C@H](O)c1cnc(C#CC(C)(C)C)nc1.C[CH-]C.[Zn]. The second-order valence-corrected chi connectivity index (χ2v) is 6.11. The van der Waals surface area contributed by atoms with E-state index in [2.05, 4.69) is 21.8 Å². The molecule has 0 unspecified atom stereocenters. The molecule has 0 amide bonds. The first-order chi connectivity index (χ1) is 9.21. The fraction of sp³-hybridized carbons (Fsp3) is 0.588. The predicted octanol–water partition coefficient (Wildman–Crippen LogP) is 3.79. The van der Waals surface area contributed by atoms with Gasteiger partial charge in [-0.2, -0.15) is 13.8 Å². The largest absolute Gasteiger partial charge is 0.388 e. The molecule has 1 atom stereocenters. The summed E-state index contributed by atoms with van der Waals surface area (Å²) in [6, 6.07) is 0. The van der Waals surface area contributed by atoms with Gasteiger partial charge in [0.1, 0.15) is 0 Å². The van der Waals surface area contributed by atoms with E-state index in [-0.39, 0.29) is 30.8 Å². The number of aliphatic hydroxyl groups excluding tert-OH is 1. The standard InChI is InChI=1S/C14H20N2O.C3H7.Zn/c1-10(2)13(17)11-8-15-12(16-9-11)6-7-14(3,4)5;1-3-2;/h8-10,13,17H,1-5H3;3H,1-2H3;/q;-1;/t13-;;/m0../s1.